The summed E-state index contributed by atoms with van der Waals surface area (Å²) in [4.78, 5) is 0. The van der Waals surface area contributed by atoms with Crippen LogP contribution in [0.4, 0.5) is 0 Å². The second-order valence-electron chi connectivity index (χ2n) is 8.70. The van der Waals surface area contributed by atoms with E-state index in [-0.39, 0.29) is 15.9 Å². The van der Waals surface area contributed by atoms with Gasteiger partial charge in [0.25, 0.3) is 0 Å². The summed E-state index contributed by atoms with van der Waals surface area (Å²) in [7, 11) is 8.23. The molecule has 0 radical (unpaired) electrons. The fourth-order valence-electron chi connectivity index (χ4n) is 3.82. The van der Waals surface area contributed by atoms with Crippen LogP contribution in [0, 0.1) is 6.08 Å². The van der Waals surface area contributed by atoms with Gasteiger partial charge in [-0.2, -0.15) is 0 Å². The van der Waals surface area contributed by atoms with Crippen molar-refractivity contribution in [1.29, 1.82) is 0 Å². The topological polar surface area (TPSA) is 40.5 Å². The Bertz CT molecular complexity index is 1730. The van der Waals surface area contributed by atoms with Gasteiger partial charge in [0.05, 0.1) is 37.3 Å². The fraction of sp³-hybridized carbons (Fsp3) is 0. The zero-order chi connectivity index (χ0) is 31.4. The molecule has 11 heteroatoms. The third kappa shape index (κ3) is 11.5. The molecule has 222 valence electrons. The molecule has 1 aliphatic rings. The summed E-state index contributed by atoms with van der Waals surface area (Å²) in [6.07, 6.45) is 8.52. The van der Waals surface area contributed by atoms with Crippen LogP contribution < -0.4 is 5.46 Å². The molecule has 0 saturated heterocycles. The van der Waals surface area contributed by atoms with Gasteiger partial charge in [0.1, 0.15) is 12.2 Å². The molecule has 1 aliphatic carbocycles. The van der Waals surface area contributed by atoms with Gasteiger partial charge in [-0.25, -0.2) is 0 Å². The average molecular weight is 847 g/mol. The maximum atomic E-state index is 8.93. The Balaban J connectivity index is 0.000000178. The summed E-state index contributed by atoms with van der Waals surface area (Å²) in [5, 5.41) is 22.6. The van der Waals surface area contributed by atoms with E-state index in [1.165, 1.54) is 10.8 Å². The molecule has 5 aromatic rings. The van der Waals surface area contributed by atoms with Gasteiger partial charge in [-0.1, -0.05) is 111 Å². The Morgan fingerprint density at radius 3 is 1.86 bits per heavy atom. The third-order valence-corrected chi connectivity index (χ3v) is 7.86. The van der Waals surface area contributed by atoms with E-state index in [1.54, 1.807) is 24.3 Å². The van der Waals surface area contributed by atoms with E-state index in [9.17, 15) is 0 Å². The minimum absolute atomic E-state index is 0.106. The van der Waals surface area contributed by atoms with Gasteiger partial charge in [0.2, 0.25) is 0 Å². The molecule has 0 bridgehead atoms. The summed E-state index contributed by atoms with van der Waals surface area (Å²) in [6, 6.07) is 31.0. The number of hydrogen-bond acceptors (Lipinski definition) is 2. The molecule has 43 heavy (non-hydrogen) atoms. The van der Waals surface area contributed by atoms with Gasteiger partial charge in [-0.3, -0.25) is 0 Å². The molecule has 2 N–H and O–H groups in total. The van der Waals surface area contributed by atoms with Crippen molar-refractivity contribution < 1.29 is 26.0 Å². The minimum atomic E-state index is -1.40. The van der Waals surface area contributed by atoms with Crippen LogP contribution in [-0.4, -0.2) is 17.2 Å². The summed E-state index contributed by atoms with van der Waals surface area (Å²) in [6.45, 7) is 0. The molecule has 5 aromatic carbocycles. The zero-order valence-electron chi connectivity index (χ0n) is 21.9. The van der Waals surface area contributed by atoms with Crippen molar-refractivity contribution in [3.8, 4) is 11.1 Å². The Morgan fingerprint density at radius 1 is 0.628 bits per heavy atom. The molecule has 0 aliphatic heterocycles. The summed E-state index contributed by atoms with van der Waals surface area (Å²) < 4.78 is 0.942. The molecule has 0 atom stereocenters. The third-order valence-electron chi connectivity index (χ3n) is 5.89. The van der Waals surface area contributed by atoms with Gasteiger partial charge in [0, 0.05) is 16.6 Å². The first-order chi connectivity index (χ1) is 20.6. The van der Waals surface area contributed by atoms with Crippen molar-refractivity contribution >= 4 is 117 Å². The average Bonchev–Trinajstić information content (AvgIpc) is 3.01. The van der Waals surface area contributed by atoms with Crippen LogP contribution >= 0.6 is 81.4 Å². The predicted octanol–water partition coefficient (Wildman–Crippen LogP) is 11.2. The zero-order valence-corrected chi connectivity index (χ0v) is 29.6. The van der Waals surface area contributed by atoms with Crippen LogP contribution in [0.15, 0.2) is 108 Å². The molecule has 0 unspecified atom stereocenters. The SMILES string of the molecule is Clc1ccc(-c2ccc3ccccc3c2)cc1Cl.Clc1ccc(Br)cc1Cl.OB(O)c1ccc2c(c1)C=[C+]C=C2.[Cl][Pd][Cl]. The second-order valence-corrected chi connectivity index (χ2v) is 13.6. The maximum absolute atomic E-state index is 8.93. The van der Waals surface area contributed by atoms with Crippen LogP contribution in [0.25, 0.3) is 34.1 Å². The molecule has 2 nitrogen and oxygen atoms in total. The van der Waals surface area contributed by atoms with Crippen molar-refractivity contribution in [3.05, 3.63) is 145 Å². The molecular formula is C32H21BBrCl6O2Pd+. The van der Waals surface area contributed by atoms with Crippen LogP contribution in [0.5, 0.6) is 0 Å². The van der Waals surface area contributed by atoms with Crippen LogP contribution in [0.1, 0.15) is 11.1 Å². The van der Waals surface area contributed by atoms with Crippen molar-refractivity contribution in [1.82, 2.24) is 0 Å². The molecule has 0 fully saturated rings. The first kappa shape index (κ1) is 36.1. The normalized spacial score (nSPS) is 10.7. The van der Waals surface area contributed by atoms with E-state index in [0.29, 0.717) is 25.6 Å². The molecule has 0 saturated carbocycles. The van der Waals surface area contributed by atoms with E-state index in [2.05, 4.69) is 52.3 Å². The van der Waals surface area contributed by atoms with E-state index in [1.807, 2.05) is 60.7 Å². The number of fused-ring (bicyclic) bond motifs is 2. The first-order valence-electron chi connectivity index (χ1n) is 12.3. The van der Waals surface area contributed by atoms with Crippen LogP contribution in [0.2, 0.25) is 20.1 Å². The Hall–Kier alpha value is -1.38. The number of benzene rings is 5. The van der Waals surface area contributed by atoms with Crippen LogP contribution in [-0.2, 0) is 15.9 Å². The number of hydrogen-bond donors (Lipinski definition) is 2. The molecule has 0 aromatic heterocycles. The van der Waals surface area contributed by atoms with Crippen molar-refractivity contribution in [3.63, 3.8) is 0 Å². The monoisotopic (exact) mass is 843 g/mol. The molecule has 0 amide bonds. The molecular weight excluding hydrogens is 826 g/mol. The Labute approximate surface area is 296 Å². The van der Waals surface area contributed by atoms with Crippen molar-refractivity contribution in [2.45, 2.75) is 0 Å². The quantitative estimate of drug-likeness (QED) is 0.106. The summed E-state index contributed by atoms with van der Waals surface area (Å²) in [5.74, 6) is 0. The number of allylic oxidation sites excluding steroid dienone is 2. The van der Waals surface area contributed by atoms with Crippen molar-refractivity contribution in [2.24, 2.45) is 0 Å². The van der Waals surface area contributed by atoms with E-state index in [0.717, 1.165) is 26.7 Å². The van der Waals surface area contributed by atoms with E-state index < -0.39 is 7.12 Å². The van der Waals surface area contributed by atoms with E-state index in [4.69, 9.17) is 75.5 Å². The van der Waals surface area contributed by atoms with Crippen LogP contribution in [0.3, 0.4) is 0 Å². The van der Waals surface area contributed by atoms with Gasteiger partial charge in [0.15, 0.2) is 0 Å². The van der Waals surface area contributed by atoms with E-state index >= 15 is 0 Å². The molecule has 6 rings (SSSR count). The predicted molar refractivity (Wildman–Crippen MR) is 188 cm³/mol. The Kier molecular flexibility index (Phi) is 15.6. The molecule has 0 spiro atoms. The summed E-state index contributed by atoms with van der Waals surface area (Å²) >= 11 is 26.4. The Morgan fingerprint density at radius 2 is 1.23 bits per heavy atom. The van der Waals surface area contributed by atoms with Gasteiger partial charge < -0.3 is 10.0 Å². The van der Waals surface area contributed by atoms with Gasteiger partial charge >= 0.3 is 42.1 Å². The van der Waals surface area contributed by atoms with Gasteiger partial charge in [-0.05, 0) is 69.8 Å². The summed E-state index contributed by atoms with van der Waals surface area (Å²) in [5.41, 5.74) is 4.77. The molecule has 0 heterocycles. The number of halogens is 7. The fourth-order valence-corrected chi connectivity index (χ4v) is 4.91. The van der Waals surface area contributed by atoms with Gasteiger partial charge in [-0.15, -0.1) is 0 Å². The first-order valence-corrected chi connectivity index (χ1v) is 18.6. The standard InChI is InChI=1S/C16H10Cl2.C10H8BO2.C6H3BrCl2.2ClH.Pd/c17-15-8-7-14(10-16(15)18)13-6-5-11-3-1-2-4-12(11)9-13;12-11(13)10-6-5-8-3-1-2-4-9(8)7-10;7-4-1-2-5(8)6(9)3-4;;;/h1-10H;1,3-7,12-13H;1-3H;2*1H;/q;+1;;;;+2/p-2. The number of rotatable bonds is 2. The van der Waals surface area contributed by atoms with Crippen molar-refractivity contribution in [2.75, 3.05) is 0 Å². The second kappa shape index (κ2) is 18.6.